The Morgan fingerprint density at radius 3 is 2.12 bits per heavy atom. The molecule has 0 aromatic heterocycles. The van der Waals surface area contributed by atoms with Crippen molar-refractivity contribution in [2.75, 3.05) is 7.11 Å². The van der Waals surface area contributed by atoms with Gasteiger partial charge in [0.1, 0.15) is 0 Å². The Labute approximate surface area is 106 Å². The largest absolute Gasteiger partial charge is 0.469 e. The monoisotopic (exact) mass is 244 g/mol. The molecule has 0 aliphatic heterocycles. The summed E-state index contributed by atoms with van der Waals surface area (Å²) in [5, 5.41) is 9.52. The van der Waals surface area contributed by atoms with Crippen LogP contribution in [0.2, 0.25) is 0 Å². The van der Waals surface area contributed by atoms with Crippen molar-refractivity contribution in [3.8, 4) is 0 Å². The molecule has 0 bridgehead atoms. The molecule has 0 rings (SSSR count). The zero-order valence-corrected chi connectivity index (χ0v) is 11.4. The zero-order chi connectivity index (χ0) is 12.9. The predicted octanol–water partition coefficient (Wildman–Crippen LogP) is 3.44. The highest BCUT2D eigenvalue weighted by molar-refractivity contribution is 5.69. The van der Waals surface area contributed by atoms with Crippen LogP contribution in [0, 0.1) is 0 Å². The molecule has 0 aliphatic carbocycles. The fourth-order valence-corrected chi connectivity index (χ4v) is 1.89. The maximum atomic E-state index is 10.9. The minimum absolute atomic E-state index is 0.132. The average Bonchev–Trinajstić information content (AvgIpc) is 2.32. The number of ether oxygens (including phenoxy) is 1. The van der Waals surface area contributed by atoms with Gasteiger partial charge in [-0.25, -0.2) is 0 Å². The molecule has 102 valence electrons. The van der Waals surface area contributed by atoms with Gasteiger partial charge in [0.15, 0.2) is 0 Å². The third kappa shape index (κ3) is 11.7. The van der Waals surface area contributed by atoms with E-state index in [1.165, 1.54) is 45.6 Å². The van der Waals surface area contributed by atoms with Gasteiger partial charge in [-0.2, -0.15) is 0 Å². The van der Waals surface area contributed by atoms with Gasteiger partial charge in [-0.15, -0.1) is 0 Å². The number of esters is 1. The molecule has 3 heteroatoms. The quantitative estimate of drug-likeness (QED) is 0.447. The Morgan fingerprint density at radius 1 is 1.06 bits per heavy atom. The van der Waals surface area contributed by atoms with Gasteiger partial charge in [-0.3, -0.25) is 4.79 Å². The smallest absolute Gasteiger partial charge is 0.308 e. The molecule has 0 saturated carbocycles. The summed E-state index contributed by atoms with van der Waals surface area (Å²) >= 11 is 0. The molecule has 0 fully saturated rings. The molecule has 0 spiro atoms. The van der Waals surface area contributed by atoms with Crippen LogP contribution in [0.1, 0.15) is 71.1 Å². The van der Waals surface area contributed by atoms with Crippen LogP contribution in [-0.2, 0) is 9.53 Å². The minimum atomic E-state index is -0.525. The third-order valence-corrected chi connectivity index (χ3v) is 3.02. The van der Waals surface area contributed by atoms with E-state index in [1.807, 2.05) is 0 Å². The van der Waals surface area contributed by atoms with E-state index in [4.69, 9.17) is 0 Å². The second kappa shape index (κ2) is 11.9. The minimum Gasteiger partial charge on any atom is -0.469 e. The standard InChI is InChI=1S/C14H28O3/c1-3-4-5-6-7-8-9-10-11-13(15)12-14(16)17-2/h13,15H,3-12H2,1-2H3. The summed E-state index contributed by atoms with van der Waals surface area (Å²) < 4.78 is 4.50. The SMILES string of the molecule is CCCCCCCCCCC(O)CC(=O)OC. The summed E-state index contributed by atoms with van der Waals surface area (Å²) in [6, 6.07) is 0. The molecule has 1 N–H and O–H groups in total. The molecule has 0 heterocycles. The van der Waals surface area contributed by atoms with Crippen molar-refractivity contribution >= 4 is 5.97 Å². The number of unbranched alkanes of at least 4 members (excludes halogenated alkanes) is 7. The average molecular weight is 244 g/mol. The summed E-state index contributed by atoms with van der Waals surface area (Å²) in [6.07, 6.45) is 10.3. The number of carbonyl (C=O) groups excluding carboxylic acids is 1. The topological polar surface area (TPSA) is 46.5 Å². The second-order valence-electron chi connectivity index (χ2n) is 4.70. The Hall–Kier alpha value is -0.570. The molecule has 0 aliphatic rings. The van der Waals surface area contributed by atoms with Gasteiger partial charge in [-0.05, 0) is 6.42 Å². The number of aliphatic hydroxyl groups is 1. The van der Waals surface area contributed by atoms with E-state index in [0.29, 0.717) is 6.42 Å². The molecule has 1 unspecified atom stereocenters. The maximum absolute atomic E-state index is 10.9. The molecule has 17 heavy (non-hydrogen) atoms. The second-order valence-corrected chi connectivity index (χ2v) is 4.70. The Bertz CT molecular complexity index is 180. The molecule has 0 aromatic rings. The molecular weight excluding hydrogens is 216 g/mol. The van der Waals surface area contributed by atoms with E-state index in [1.54, 1.807) is 0 Å². The number of aliphatic hydroxyl groups excluding tert-OH is 1. The molecular formula is C14H28O3. The zero-order valence-electron chi connectivity index (χ0n) is 11.4. The summed E-state index contributed by atoms with van der Waals surface area (Å²) in [4.78, 5) is 10.9. The summed E-state index contributed by atoms with van der Waals surface area (Å²) in [5.74, 6) is -0.322. The lowest BCUT2D eigenvalue weighted by Gasteiger charge is -2.08. The third-order valence-electron chi connectivity index (χ3n) is 3.02. The lowest BCUT2D eigenvalue weighted by Crippen LogP contribution is -2.14. The van der Waals surface area contributed by atoms with Gasteiger partial charge in [0.2, 0.25) is 0 Å². The summed E-state index contributed by atoms with van der Waals surface area (Å²) in [5.41, 5.74) is 0. The first-order valence-electron chi connectivity index (χ1n) is 6.95. The molecule has 1 atom stereocenters. The van der Waals surface area contributed by atoms with Crippen LogP contribution in [0.25, 0.3) is 0 Å². The Balaban J connectivity index is 3.19. The fraction of sp³-hybridized carbons (Fsp3) is 0.929. The maximum Gasteiger partial charge on any atom is 0.308 e. The van der Waals surface area contributed by atoms with Crippen molar-refractivity contribution in [3.63, 3.8) is 0 Å². The number of methoxy groups -OCH3 is 1. The summed E-state index contributed by atoms with van der Waals surface area (Å²) in [7, 11) is 1.35. The number of rotatable bonds is 11. The van der Waals surface area contributed by atoms with Crippen LogP contribution in [0.15, 0.2) is 0 Å². The first kappa shape index (κ1) is 16.4. The Morgan fingerprint density at radius 2 is 1.59 bits per heavy atom. The summed E-state index contributed by atoms with van der Waals surface area (Å²) in [6.45, 7) is 2.22. The number of hydrogen-bond donors (Lipinski definition) is 1. The first-order chi connectivity index (χ1) is 8.20. The van der Waals surface area contributed by atoms with Crippen molar-refractivity contribution in [1.29, 1.82) is 0 Å². The van der Waals surface area contributed by atoms with E-state index in [9.17, 15) is 9.90 Å². The normalized spacial score (nSPS) is 12.4. The number of carbonyl (C=O) groups is 1. The molecule has 0 aromatic carbocycles. The van der Waals surface area contributed by atoms with E-state index >= 15 is 0 Å². The lowest BCUT2D eigenvalue weighted by atomic mass is 10.0. The molecule has 0 amide bonds. The van der Waals surface area contributed by atoms with Gasteiger partial charge in [0.05, 0.1) is 19.6 Å². The van der Waals surface area contributed by atoms with E-state index in [2.05, 4.69) is 11.7 Å². The van der Waals surface area contributed by atoms with Crippen molar-refractivity contribution in [2.24, 2.45) is 0 Å². The first-order valence-corrected chi connectivity index (χ1v) is 6.95. The van der Waals surface area contributed by atoms with Crippen molar-refractivity contribution in [1.82, 2.24) is 0 Å². The van der Waals surface area contributed by atoms with Crippen LogP contribution in [0.5, 0.6) is 0 Å². The van der Waals surface area contributed by atoms with Gasteiger partial charge in [0.25, 0.3) is 0 Å². The highest BCUT2D eigenvalue weighted by Crippen LogP contribution is 2.11. The highest BCUT2D eigenvalue weighted by atomic mass is 16.5. The van der Waals surface area contributed by atoms with Crippen LogP contribution in [0.4, 0.5) is 0 Å². The van der Waals surface area contributed by atoms with Gasteiger partial charge in [-0.1, -0.05) is 58.3 Å². The highest BCUT2D eigenvalue weighted by Gasteiger charge is 2.09. The van der Waals surface area contributed by atoms with Gasteiger partial charge in [0, 0.05) is 0 Å². The predicted molar refractivity (Wildman–Crippen MR) is 69.9 cm³/mol. The van der Waals surface area contributed by atoms with Crippen LogP contribution >= 0.6 is 0 Å². The van der Waals surface area contributed by atoms with Crippen molar-refractivity contribution in [3.05, 3.63) is 0 Å². The van der Waals surface area contributed by atoms with Crippen LogP contribution in [-0.4, -0.2) is 24.3 Å². The van der Waals surface area contributed by atoms with Crippen LogP contribution in [0.3, 0.4) is 0 Å². The van der Waals surface area contributed by atoms with Crippen LogP contribution < -0.4 is 0 Å². The van der Waals surface area contributed by atoms with Gasteiger partial charge >= 0.3 is 5.97 Å². The van der Waals surface area contributed by atoms with Crippen molar-refractivity contribution in [2.45, 2.75) is 77.2 Å². The molecule has 0 saturated heterocycles. The Kier molecular flexibility index (Phi) is 11.5. The van der Waals surface area contributed by atoms with Crippen molar-refractivity contribution < 1.29 is 14.6 Å². The van der Waals surface area contributed by atoms with E-state index < -0.39 is 6.10 Å². The number of hydrogen-bond acceptors (Lipinski definition) is 3. The fourth-order valence-electron chi connectivity index (χ4n) is 1.89. The van der Waals surface area contributed by atoms with Gasteiger partial charge < -0.3 is 9.84 Å². The van der Waals surface area contributed by atoms with E-state index in [0.717, 1.165) is 12.8 Å². The van der Waals surface area contributed by atoms with E-state index in [-0.39, 0.29) is 12.4 Å². The lowest BCUT2D eigenvalue weighted by molar-refractivity contribution is -0.142. The molecule has 3 nitrogen and oxygen atoms in total. The molecule has 0 radical (unpaired) electrons.